The number of hydrogen-bond acceptors (Lipinski definition) is 4. The summed E-state index contributed by atoms with van der Waals surface area (Å²) in [6.45, 7) is 7.16. The van der Waals surface area contributed by atoms with Gasteiger partial charge in [0.25, 0.3) is 0 Å². The second-order valence-corrected chi connectivity index (χ2v) is 5.77. The Balaban J connectivity index is 0.00000243. The minimum Gasteiger partial charge on any atom is -0.364 e. The number of nitrogens with one attached hydrogen (secondary N) is 2. The Morgan fingerprint density at radius 1 is 1.23 bits per heavy atom. The topological polar surface area (TPSA) is 80.3 Å². The summed E-state index contributed by atoms with van der Waals surface area (Å²) < 4.78 is 7.08. The van der Waals surface area contributed by atoms with Gasteiger partial charge in [-0.05, 0) is 32.4 Å². The number of nitrogens with zero attached hydrogens (tertiary/aromatic N) is 4. The number of fused-ring (bicyclic) bond motifs is 1. The average Bonchev–Trinajstić information content (AvgIpc) is 3.24. The van der Waals surface area contributed by atoms with Gasteiger partial charge in [0.1, 0.15) is 17.8 Å². The van der Waals surface area contributed by atoms with Crippen LogP contribution in [0.2, 0.25) is 0 Å². The van der Waals surface area contributed by atoms with E-state index in [1.807, 2.05) is 19.1 Å². The van der Waals surface area contributed by atoms with E-state index in [4.69, 9.17) is 4.52 Å². The van der Waals surface area contributed by atoms with Crippen molar-refractivity contribution in [2.24, 2.45) is 4.99 Å². The monoisotopic (exact) mass is 468 g/mol. The molecule has 2 aromatic heterocycles. The van der Waals surface area contributed by atoms with Gasteiger partial charge >= 0.3 is 0 Å². The highest BCUT2D eigenvalue weighted by Gasteiger charge is 2.06. The van der Waals surface area contributed by atoms with Crippen molar-refractivity contribution in [2.45, 2.75) is 33.4 Å². The third kappa shape index (κ3) is 5.20. The lowest BCUT2D eigenvalue weighted by atomic mass is 10.3. The van der Waals surface area contributed by atoms with Crippen molar-refractivity contribution in [3.8, 4) is 0 Å². The van der Waals surface area contributed by atoms with Crippen LogP contribution in [0.25, 0.3) is 11.0 Å². The van der Waals surface area contributed by atoms with Crippen LogP contribution in [0, 0.1) is 6.92 Å². The predicted molar refractivity (Wildman–Crippen MR) is 114 cm³/mol. The average molecular weight is 468 g/mol. The first-order chi connectivity index (χ1) is 12.3. The fraction of sp³-hybridized carbons (Fsp3) is 0.389. The van der Waals surface area contributed by atoms with Crippen molar-refractivity contribution in [2.75, 3.05) is 13.1 Å². The first kappa shape index (κ1) is 20.2. The van der Waals surface area contributed by atoms with Crippen LogP contribution in [0.1, 0.15) is 24.9 Å². The number of imidazole rings is 1. The Kier molecular flexibility index (Phi) is 7.89. The molecule has 0 bridgehead atoms. The molecule has 0 spiro atoms. The third-order valence-electron chi connectivity index (χ3n) is 3.93. The smallest absolute Gasteiger partial charge is 0.191 e. The highest BCUT2D eigenvalue weighted by atomic mass is 127. The second-order valence-electron chi connectivity index (χ2n) is 5.77. The van der Waals surface area contributed by atoms with Gasteiger partial charge in [0, 0.05) is 25.7 Å². The molecule has 3 rings (SSSR count). The fourth-order valence-electron chi connectivity index (χ4n) is 2.74. The van der Waals surface area contributed by atoms with Gasteiger partial charge in [0.15, 0.2) is 5.96 Å². The first-order valence-electron chi connectivity index (χ1n) is 8.61. The first-order valence-corrected chi connectivity index (χ1v) is 8.61. The maximum Gasteiger partial charge on any atom is 0.191 e. The summed E-state index contributed by atoms with van der Waals surface area (Å²) in [7, 11) is 0. The highest BCUT2D eigenvalue weighted by Crippen LogP contribution is 2.15. The van der Waals surface area contributed by atoms with Gasteiger partial charge < -0.3 is 19.7 Å². The summed E-state index contributed by atoms with van der Waals surface area (Å²) >= 11 is 0. The summed E-state index contributed by atoms with van der Waals surface area (Å²) in [5.74, 6) is 1.84. The lowest BCUT2D eigenvalue weighted by Gasteiger charge is -2.12. The van der Waals surface area contributed by atoms with Gasteiger partial charge in [-0.15, -0.1) is 24.0 Å². The largest absolute Gasteiger partial charge is 0.364 e. The second kappa shape index (κ2) is 10.1. The number of rotatable bonds is 7. The zero-order valence-electron chi connectivity index (χ0n) is 15.1. The molecule has 1 aromatic carbocycles. The van der Waals surface area contributed by atoms with Crippen LogP contribution in [0.3, 0.4) is 0 Å². The number of halogens is 1. The van der Waals surface area contributed by atoms with Crippen LogP contribution in [0.5, 0.6) is 0 Å². The molecule has 0 atom stereocenters. The van der Waals surface area contributed by atoms with E-state index >= 15 is 0 Å². The summed E-state index contributed by atoms with van der Waals surface area (Å²) in [4.78, 5) is 9.12. The van der Waals surface area contributed by atoms with E-state index in [0.29, 0.717) is 6.54 Å². The Hall–Kier alpha value is -2.10. The number of benzene rings is 1. The number of aliphatic imine (C=N–C) groups is 1. The number of aryl methyl sites for hydroxylation is 2. The van der Waals surface area contributed by atoms with Gasteiger partial charge in [-0.25, -0.2) is 9.98 Å². The van der Waals surface area contributed by atoms with Crippen molar-refractivity contribution in [1.29, 1.82) is 0 Å². The molecule has 8 heteroatoms. The molecule has 0 aliphatic carbocycles. The Morgan fingerprint density at radius 3 is 2.85 bits per heavy atom. The molecule has 0 amide bonds. The summed E-state index contributed by atoms with van der Waals surface area (Å²) in [6, 6.07) is 10.1. The molecule has 0 radical (unpaired) electrons. The van der Waals surface area contributed by atoms with E-state index < -0.39 is 0 Å². The van der Waals surface area contributed by atoms with Crippen LogP contribution in [0.15, 0.2) is 46.1 Å². The van der Waals surface area contributed by atoms with Gasteiger partial charge in [-0.1, -0.05) is 17.3 Å². The molecule has 0 unspecified atom stereocenters. The molecule has 0 fully saturated rings. The minimum absolute atomic E-state index is 0. The molecule has 0 aliphatic rings. The molecule has 0 saturated heterocycles. The zero-order valence-corrected chi connectivity index (χ0v) is 17.4. The van der Waals surface area contributed by atoms with Crippen LogP contribution >= 0.6 is 24.0 Å². The van der Waals surface area contributed by atoms with Crippen LogP contribution in [-0.4, -0.2) is 33.8 Å². The molecule has 140 valence electrons. The zero-order chi connectivity index (χ0) is 17.5. The number of aromatic nitrogens is 3. The molecular weight excluding hydrogens is 443 g/mol. The van der Waals surface area contributed by atoms with Crippen molar-refractivity contribution < 1.29 is 4.52 Å². The summed E-state index contributed by atoms with van der Waals surface area (Å²) in [5, 5.41) is 10.5. The van der Waals surface area contributed by atoms with Crippen LogP contribution in [0.4, 0.5) is 0 Å². The Bertz CT molecular complexity index is 827. The van der Waals surface area contributed by atoms with E-state index in [2.05, 4.69) is 55.5 Å². The van der Waals surface area contributed by atoms with Gasteiger partial charge in [-0.2, -0.15) is 0 Å². The molecule has 26 heavy (non-hydrogen) atoms. The van der Waals surface area contributed by atoms with Gasteiger partial charge in [0.2, 0.25) is 0 Å². The molecule has 0 aliphatic heterocycles. The van der Waals surface area contributed by atoms with Crippen molar-refractivity contribution >= 4 is 41.0 Å². The van der Waals surface area contributed by atoms with E-state index in [-0.39, 0.29) is 24.0 Å². The normalized spacial score (nSPS) is 11.4. The third-order valence-corrected chi connectivity index (χ3v) is 3.93. The number of hydrogen-bond donors (Lipinski definition) is 2. The summed E-state index contributed by atoms with van der Waals surface area (Å²) in [6.07, 6.45) is 2.54. The number of guanidine groups is 1. The van der Waals surface area contributed by atoms with E-state index in [0.717, 1.165) is 49.0 Å². The molecule has 2 heterocycles. The Labute approximate surface area is 170 Å². The number of para-hydroxylation sites is 2. The van der Waals surface area contributed by atoms with E-state index in [9.17, 15) is 0 Å². The van der Waals surface area contributed by atoms with Crippen LogP contribution in [-0.2, 0) is 13.1 Å². The minimum atomic E-state index is 0. The van der Waals surface area contributed by atoms with Crippen molar-refractivity contribution in [3.63, 3.8) is 0 Å². The summed E-state index contributed by atoms with van der Waals surface area (Å²) in [5.41, 5.74) is 3.06. The molecule has 0 saturated carbocycles. The fourth-order valence-corrected chi connectivity index (χ4v) is 2.74. The van der Waals surface area contributed by atoms with E-state index in [1.165, 1.54) is 5.52 Å². The lowest BCUT2D eigenvalue weighted by molar-refractivity contribution is 0.412. The standard InChI is InChI=1S/C18H24N6O.HI/c1-3-19-18(21-13-15-9-12-25-23-15)20-10-6-11-24-14(2)22-16-7-4-5-8-17(16)24;/h4-5,7-9,12H,3,6,10-11,13H2,1-2H3,(H2,19,20,21);1H. The lowest BCUT2D eigenvalue weighted by Crippen LogP contribution is -2.38. The highest BCUT2D eigenvalue weighted by molar-refractivity contribution is 14.0. The Morgan fingerprint density at radius 2 is 2.08 bits per heavy atom. The molecule has 3 aromatic rings. The predicted octanol–water partition coefficient (Wildman–Crippen LogP) is 3.10. The molecule has 7 nitrogen and oxygen atoms in total. The van der Waals surface area contributed by atoms with Crippen molar-refractivity contribution in [3.05, 3.63) is 48.1 Å². The maximum absolute atomic E-state index is 4.82. The molecular formula is C18H25IN6O. The van der Waals surface area contributed by atoms with E-state index in [1.54, 1.807) is 6.26 Å². The van der Waals surface area contributed by atoms with Gasteiger partial charge in [0.05, 0.1) is 17.6 Å². The van der Waals surface area contributed by atoms with Crippen LogP contribution < -0.4 is 10.6 Å². The van der Waals surface area contributed by atoms with Crippen molar-refractivity contribution in [1.82, 2.24) is 25.3 Å². The maximum atomic E-state index is 4.82. The SMILES string of the molecule is CCNC(=NCc1ccon1)NCCCn1c(C)nc2ccccc21.I. The quantitative estimate of drug-likeness (QED) is 0.241. The van der Waals surface area contributed by atoms with Gasteiger partial charge in [-0.3, -0.25) is 0 Å². The molecule has 2 N–H and O–H groups in total.